The smallest absolute Gasteiger partial charge is 0.338 e. The van der Waals surface area contributed by atoms with Crippen LogP contribution in [0.2, 0.25) is 0 Å². The molecule has 44 heavy (non-hydrogen) atoms. The van der Waals surface area contributed by atoms with Gasteiger partial charge < -0.3 is 18.9 Å². The van der Waals surface area contributed by atoms with Crippen molar-refractivity contribution < 1.29 is 28.7 Å². The third-order valence-electron chi connectivity index (χ3n) is 6.96. The average molecular weight is 616 g/mol. The van der Waals surface area contributed by atoms with E-state index in [1.807, 2.05) is 6.07 Å². The van der Waals surface area contributed by atoms with Crippen LogP contribution in [0.15, 0.2) is 87.8 Å². The number of aromatic nitrogens is 1. The minimum atomic E-state index is -0.867. The molecule has 1 aliphatic rings. The van der Waals surface area contributed by atoms with Crippen LogP contribution < -0.4 is 29.1 Å². The summed E-state index contributed by atoms with van der Waals surface area (Å²) in [6, 6.07) is 17.7. The number of hydrogen-bond donors (Lipinski definition) is 0. The van der Waals surface area contributed by atoms with Gasteiger partial charge in [-0.05, 0) is 73.5 Å². The van der Waals surface area contributed by atoms with Gasteiger partial charge in [0.2, 0.25) is 0 Å². The Morgan fingerprint density at radius 2 is 1.84 bits per heavy atom. The molecule has 0 amide bonds. The normalized spacial score (nSPS) is 14.5. The minimum absolute atomic E-state index is 0.00821. The van der Waals surface area contributed by atoms with E-state index in [9.17, 15) is 19.7 Å². The van der Waals surface area contributed by atoms with E-state index in [2.05, 4.69) is 4.99 Å². The quantitative estimate of drug-likeness (QED) is 0.147. The fourth-order valence-electron chi connectivity index (χ4n) is 4.86. The summed E-state index contributed by atoms with van der Waals surface area (Å²) >= 11 is 1.20. The Kier molecular flexibility index (Phi) is 8.91. The molecule has 0 fully saturated rings. The zero-order chi connectivity index (χ0) is 31.4. The van der Waals surface area contributed by atoms with Crippen molar-refractivity contribution in [2.24, 2.45) is 4.99 Å². The predicted octanol–water partition coefficient (Wildman–Crippen LogP) is 4.30. The summed E-state index contributed by atoms with van der Waals surface area (Å²) in [6.45, 7) is 3.80. The number of methoxy groups -OCH3 is 2. The van der Waals surface area contributed by atoms with Gasteiger partial charge in [0, 0.05) is 17.7 Å². The summed E-state index contributed by atoms with van der Waals surface area (Å²) in [6.07, 6.45) is 1.74. The number of esters is 1. The molecule has 0 spiro atoms. The van der Waals surface area contributed by atoms with E-state index in [1.165, 1.54) is 42.3 Å². The lowest BCUT2D eigenvalue weighted by molar-refractivity contribution is -0.384. The zero-order valence-corrected chi connectivity index (χ0v) is 25.3. The second kappa shape index (κ2) is 13.0. The van der Waals surface area contributed by atoms with Crippen molar-refractivity contribution in [1.82, 2.24) is 4.57 Å². The highest BCUT2D eigenvalue weighted by atomic mass is 32.1. The molecule has 12 heteroatoms. The Balaban J connectivity index is 1.55. The molecule has 226 valence electrons. The summed E-state index contributed by atoms with van der Waals surface area (Å²) < 4.78 is 24.3. The van der Waals surface area contributed by atoms with Crippen LogP contribution in [0.5, 0.6) is 17.2 Å². The second-order valence-corrected chi connectivity index (χ2v) is 10.7. The van der Waals surface area contributed by atoms with E-state index < -0.39 is 16.9 Å². The van der Waals surface area contributed by atoms with Gasteiger partial charge in [0.25, 0.3) is 11.2 Å². The van der Waals surface area contributed by atoms with Gasteiger partial charge in [0.05, 0.1) is 41.6 Å². The molecular weight excluding hydrogens is 586 g/mol. The van der Waals surface area contributed by atoms with E-state index >= 15 is 0 Å². The fourth-order valence-corrected chi connectivity index (χ4v) is 5.91. The van der Waals surface area contributed by atoms with E-state index in [1.54, 1.807) is 68.5 Å². The number of benzene rings is 3. The molecule has 0 aliphatic carbocycles. The summed E-state index contributed by atoms with van der Waals surface area (Å²) in [4.78, 5) is 42.8. The number of hydrogen-bond acceptors (Lipinski definition) is 10. The topological polar surface area (TPSA) is 131 Å². The van der Waals surface area contributed by atoms with Crippen molar-refractivity contribution in [3.05, 3.63) is 124 Å². The largest absolute Gasteiger partial charge is 0.497 e. The summed E-state index contributed by atoms with van der Waals surface area (Å²) in [5, 5.41) is 10.9. The second-order valence-electron chi connectivity index (χ2n) is 9.69. The molecule has 4 aromatic rings. The van der Waals surface area contributed by atoms with Gasteiger partial charge >= 0.3 is 5.97 Å². The SMILES string of the molecule is CCOC(=O)C1=C(C)N=c2s/c(=C/c3cccc(OCc4ccc([N+](=O)[O-])cc4)c3)c(=O)n2[C@H]1c1cc(OC)ccc1OC. The third-order valence-corrected chi connectivity index (χ3v) is 7.94. The Labute approximate surface area is 256 Å². The maximum absolute atomic E-state index is 14.0. The molecular formula is C32H29N3O8S. The van der Waals surface area contributed by atoms with Crippen LogP contribution >= 0.6 is 11.3 Å². The third kappa shape index (κ3) is 6.11. The van der Waals surface area contributed by atoms with Crippen molar-refractivity contribution in [3.8, 4) is 17.2 Å². The number of fused-ring (bicyclic) bond motifs is 1. The van der Waals surface area contributed by atoms with Crippen molar-refractivity contribution in [2.45, 2.75) is 26.5 Å². The zero-order valence-electron chi connectivity index (χ0n) is 24.4. The van der Waals surface area contributed by atoms with Crippen molar-refractivity contribution in [3.63, 3.8) is 0 Å². The predicted molar refractivity (Wildman–Crippen MR) is 164 cm³/mol. The maximum Gasteiger partial charge on any atom is 0.338 e. The number of allylic oxidation sites excluding steroid dienone is 1. The Morgan fingerprint density at radius 1 is 1.07 bits per heavy atom. The van der Waals surface area contributed by atoms with Gasteiger partial charge in [0.1, 0.15) is 29.9 Å². The molecule has 3 aromatic carbocycles. The number of nitrogens with zero attached hydrogens (tertiary/aromatic N) is 3. The molecule has 0 unspecified atom stereocenters. The van der Waals surface area contributed by atoms with Crippen molar-refractivity contribution >= 4 is 29.1 Å². The van der Waals surface area contributed by atoms with Gasteiger partial charge in [-0.2, -0.15) is 0 Å². The van der Waals surface area contributed by atoms with Crippen LogP contribution in [-0.2, 0) is 16.1 Å². The van der Waals surface area contributed by atoms with E-state index in [0.717, 1.165) is 5.56 Å². The fraction of sp³-hybridized carbons (Fsp3) is 0.219. The van der Waals surface area contributed by atoms with Gasteiger partial charge in [0.15, 0.2) is 4.80 Å². The van der Waals surface area contributed by atoms with Crippen molar-refractivity contribution in [1.29, 1.82) is 0 Å². The number of ether oxygens (including phenoxy) is 4. The van der Waals surface area contributed by atoms with Gasteiger partial charge in [-0.3, -0.25) is 19.5 Å². The number of nitro groups is 1. The lowest BCUT2D eigenvalue weighted by Crippen LogP contribution is -2.40. The molecule has 11 nitrogen and oxygen atoms in total. The number of carbonyl (C=O) groups excluding carboxylic acids is 1. The van der Waals surface area contributed by atoms with Crippen LogP contribution in [0.4, 0.5) is 5.69 Å². The number of carbonyl (C=O) groups is 1. The first kappa shape index (κ1) is 30.2. The molecule has 0 saturated carbocycles. The van der Waals surface area contributed by atoms with Crippen LogP contribution in [-0.4, -0.2) is 36.3 Å². The van der Waals surface area contributed by atoms with Crippen LogP contribution in [0.3, 0.4) is 0 Å². The Morgan fingerprint density at radius 3 is 2.52 bits per heavy atom. The van der Waals surface area contributed by atoms with Gasteiger partial charge in [-0.15, -0.1) is 0 Å². The Hall–Kier alpha value is -5.23. The molecule has 0 saturated heterocycles. The number of nitro benzene ring substituents is 1. The number of non-ortho nitro benzene ring substituents is 1. The van der Waals surface area contributed by atoms with E-state index in [0.29, 0.717) is 43.4 Å². The standard InChI is InChI=1S/C32H29N3O8S/c1-5-42-31(37)28-19(2)33-32-34(29(28)25-17-23(40-3)13-14-26(25)41-4)30(36)27(44-32)16-21-7-6-8-24(15-21)43-18-20-9-11-22(12-10-20)35(38)39/h6-17,29H,5,18H2,1-4H3/b27-16+/t29-/m0/s1. The highest BCUT2D eigenvalue weighted by molar-refractivity contribution is 7.07. The first-order chi connectivity index (χ1) is 21.2. The highest BCUT2D eigenvalue weighted by Gasteiger charge is 2.35. The summed E-state index contributed by atoms with van der Waals surface area (Å²) in [5.74, 6) is 0.992. The molecule has 1 atom stereocenters. The molecule has 5 rings (SSSR count). The number of rotatable bonds is 10. The lowest BCUT2D eigenvalue weighted by atomic mass is 9.94. The summed E-state index contributed by atoms with van der Waals surface area (Å²) in [7, 11) is 3.06. The van der Waals surface area contributed by atoms with E-state index in [4.69, 9.17) is 18.9 Å². The maximum atomic E-state index is 14.0. The van der Waals surface area contributed by atoms with Crippen LogP contribution in [0.1, 0.15) is 36.6 Å². The Bertz CT molecular complexity index is 1940. The molecule has 0 N–H and O–H groups in total. The number of thiazole rings is 1. The monoisotopic (exact) mass is 615 g/mol. The molecule has 1 aromatic heterocycles. The average Bonchev–Trinajstić information content (AvgIpc) is 3.33. The van der Waals surface area contributed by atoms with Crippen molar-refractivity contribution in [2.75, 3.05) is 20.8 Å². The first-order valence-electron chi connectivity index (χ1n) is 13.6. The van der Waals surface area contributed by atoms with Gasteiger partial charge in [-0.1, -0.05) is 23.5 Å². The van der Waals surface area contributed by atoms with E-state index in [-0.39, 0.29) is 30.0 Å². The van der Waals surface area contributed by atoms with Gasteiger partial charge in [-0.25, -0.2) is 9.79 Å². The van der Waals surface area contributed by atoms with Crippen LogP contribution in [0.25, 0.3) is 6.08 Å². The minimum Gasteiger partial charge on any atom is -0.497 e. The highest BCUT2D eigenvalue weighted by Crippen LogP contribution is 2.37. The molecule has 1 aliphatic heterocycles. The molecule has 0 radical (unpaired) electrons. The van der Waals surface area contributed by atoms with Crippen LogP contribution in [0, 0.1) is 10.1 Å². The first-order valence-corrected chi connectivity index (χ1v) is 14.4. The molecule has 0 bridgehead atoms. The summed E-state index contributed by atoms with van der Waals surface area (Å²) in [5.41, 5.74) is 2.39. The molecule has 2 heterocycles. The lowest BCUT2D eigenvalue weighted by Gasteiger charge is -2.26.